The van der Waals surface area contributed by atoms with Crippen LogP contribution in [0.1, 0.15) is 24.0 Å². The summed E-state index contributed by atoms with van der Waals surface area (Å²) < 4.78 is 5.59. The molecule has 43 heavy (non-hydrogen) atoms. The van der Waals surface area contributed by atoms with Crippen LogP contribution in [-0.4, -0.2) is 86.7 Å². The lowest BCUT2D eigenvalue weighted by molar-refractivity contribution is -0.118. The molecule has 3 amide bonds. The Kier molecular flexibility index (Phi) is 9.51. The Bertz CT molecular complexity index is 1530. The van der Waals surface area contributed by atoms with Crippen molar-refractivity contribution in [1.82, 2.24) is 20.1 Å². The second-order valence-corrected chi connectivity index (χ2v) is 11.4. The zero-order chi connectivity index (χ0) is 30.3. The van der Waals surface area contributed by atoms with Crippen molar-refractivity contribution in [2.75, 3.05) is 64.1 Å². The van der Waals surface area contributed by atoms with E-state index in [-0.39, 0.29) is 17.9 Å². The Morgan fingerprint density at radius 2 is 1.70 bits per heavy atom. The van der Waals surface area contributed by atoms with Crippen LogP contribution < -0.4 is 20.3 Å². The fourth-order valence-electron chi connectivity index (χ4n) is 5.67. The molecule has 1 aliphatic heterocycles. The standard InChI is InChI=1S/C34H42N6O3/c1-24(28-23-35-29-13-9-8-12-27(28)29)32(33(41)36-30-22-25(16-17-38(2)3)14-15-31(30)43-4)37-34(42)40-20-18-39(19-21-40)26-10-6-5-7-11-26/h5-15,22-24,32,35H,16-21H2,1-4H3,(H,36,41)(H,37,42)/t24-,32+/m0/s1. The van der Waals surface area contributed by atoms with Gasteiger partial charge in [0.25, 0.3) is 0 Å². The highest BCUT2D eigenvalue weighted by Crippen LogP contribution is 2.30. The van der Waals surface area contributed by atoms with Crippen LogP contribution in [-0.2, 0) is 11.2 Å². The van der Waals surface area contributed by atoms with Gasteiger partial charge in [0.1, 0.15) is 11.8 Å². The topological polar surface area (TPSA) is 92.9 Å². The molecular formula is C34H42N6O3. The number of anilines is 2. The molecule has 9 nitrogen and oxygen atoms in total. The summed E-state index contributed by atoms with van der Waals surface area (Å²) in [6.07, 6.45) is 2.77. The number of nitrogens with zero attached hydrogens (tertiary/aromatic N) is 3. The molecule has 1 aliphatic rings. The summed E-state index contributed by atoms with van der Waals surface area (Å²) >= 11 is 0. The van der Waals surface area contributed by atoms with Crippen molar-refractivity contribution in [3.8, 4) is 5.75 Å². The van der Waals surface area contributed by atoms with Crippen LogP contribution in [0.3, 0.4) is 0 Å². The number of piperazine rings is 1. The summed E-state index contributed by atoms with van der Waals surface area (Å²) in [7, 11) is 5.66. The van der Waals surface area contributed by atoms with Gasteiger partial charge < -0.3 is 35.1 Å². The molecule has 0 aliphatic carbocycles. The van der Waals surface area contributed by atoms with Gasteiger partial charge in [-0.25, -0.2) is 4.79 Å². The van der Waals surface area contributed by atoms with E-state index in [0.29, 0.717) is 24.5 Å². The summed E-state index contributed by atoms with van der Waals surface area (Å²) in [6, 6.07) is 23.0. The van der Waals surface area contributed by atoms with Crippen molar-refractivity contribution in [3.05, 3.63) is 90.1 Å². The van der Waals surface area contributed by atoms with Crippen LogP contribution in [0.25, 0.3) is 10.9 Å². The number of hydrogen-bond donors (Lipinski definition) is 3. The molecule has 1 aromatic heterocycles. The molecule has 0 spiro atoms. The highest BCUT2D eigenvalue weighted by Gasteiger charge is 2.32. The fraction of sp³-hybridized carbons (Fsp3) is 0.353. The number of para-hydroxylation sites is 2. The Morgan fingerprint density at radius 3 is 2.42 bits per heavy atom. The highest BCUT2D eigenvalue weighted by atomic mass is 16.5. The van der Waals surface area contributed by atoms with Crippen LogP contribution in [0, 0.1) is 0 Å². The van der Waals surface area contributed by atoms with E-state index in [2.05, 4.69) is 37.6 Å². The smallest absolute Gasteiger partial charge is 0.318 e. The second-order valence-electron chi connectivity index (χ2n) is 11.4. The highest BCUT2D eigenvalue weighted by molar-refractivity contribution is 5.99. The van der Waals surface area contributed by atoms with Crippen molar-refractivity contribution in [1.29, 1.82) is 0 Å². The molecule has 1 fully saturated rings. The van der Waals surface area contributed by atoms with Gasteiger partial charge in [0.15, 0.2) is 0 Å². The molecule has 1 saturated heterocycles. The minimum atomic E-state index is -0.825. The number of H-pyrrole nitrogens is 1. The zero-order valence-corrected chi connectivity index (χ0v) is 25.5. The number of carbonyl (C=O) groups excluding carboxylic acids is 2. The number of benzene rings is 3. The third-order valence-corrected chi connectivity index (χ3v) is 8.23. The van der Waals surface area contributed by atoms with Crippen LogP contribution >= 0.6 is 0 Å². The lowest BCUT2D eigenvalue weighted by atomic mass is 9.92. The predicted octanol–water partition coefficient (Wildman–Crippen LogP) is 4.92. The number of rotatable bonds is 10. The normalized spacial score (nSPS) is 14.9. The number of ether oxygens (including phenoxy) is 1. The number of likely N-dealkylation sites (N-methyl/N-ethyl adjacent to an activating group) is 1. The largest absolute Gasteiger partial charge is 0.495 e. The summed E-state index contributed by atoms with van der Waals surface area (Å²) in [4.78, 5) is 37.2. The monoisotopic (exact) mass is 582 g/mol. The third-order valence-electron chi connectivity index (χ3n) is 8.23. The van der Waals surface area contributed by atoms with Gasteiger partial charge in [0.05, 0.1) is 12.8 Å². The van der Waals surface area contributed by atoms with E-state index in [1.165, 1.54) is 0 Å². The van der Waals surface area contributed by atoms with Gasteiger partial charge in [-0.15, -0.1) is 0 Å². The summed E-state index contributed by atoms with van der Waals surface area (Å²) in [5, 5.41) is 7.22. The van der Waals surface area contributed by atoms with Gasteiger partial charge >= 0.3 is 6.03 Å². The van der Waals surface area contributed by atoms with Gasteiger partial charge in [0, 0.05) is 61.4 Å². The van der Waals surface area contributed by atoms with E-state index in [1.807, 2.05) is 87.9 Å². The molecule has 0 unspecified atom stereocenters. The maximum atomic E-state index is 14.1. The zero-order valence-electron chi connectivity index (χ0n) is 25.5. The molecule has 2 atom stereocenters. The maximum Gasteiger partial charge on any atom is 0.318 e. The number of carbonyl (C=O) groups is 2. The summed E-state index contributed by atoms with van der Waals surface area (Å²) in [6.45, 7) is 5.45. The number of methoxy groups -OCH3 is 1. The van der Waals surface area contributed by atoms with Crippen molar-refractivity contribution < 1.29 is 14.3 Å². The number of aromatic amines is 1. The lowest BCUT2D eigenvalue weighted by Gasteiger charge is -2.37. The predicted molar refractivity (Wildman–Crippen MR) is 173 cm³/mol. The van der Waals surface area contributed by atoms with Crippen LogP contribution in [0.5, 0.6) is 5.75 Å². The van der Waals surface area contributed by atoms with Gasteiger partial charge in [0.2, 0.25) is 5.91 Å². The van der Waals surface area contributed by atoms with Gasteiger partial charge in [-0.05, 0) is 62.0 Å². The third kappa shape index (κ3) is 7.11. The van der Waals surface area contributed by atoms with Crippen molar-refractivity contribution in [2.24, 2.45) is 0 Å². The van der Waals surface area contributed by atoms with E-state index in [4.69, 9.17) is 4.74 Å². The molecule has 0 radical (unpaired) electrons. The van der Waals surface area contributed by atoms with Gasteiger partial charge in [-0.1, -0.05) is 49.4 Å². The summed E-state index contributed by atoms with van der Waals surface area (Å²) in [5.41, 5.74) is 4.78. The first-order chi connectivity index (χ1) is 20.8. The summed E-state index contributed by atoms with van der Waals surface area (Å²) in [5.74, 6) is -0.0328. The second kappa shape index (κ2) is 13.6. The first-order valence-electron chi connectivity index (χ1n) is 14.9. The molecule has 9 heteroatoms. The fourth-order valence-corrected chi connectivity index (χ4v) is 5.67. The van der Waals surface area contributed by atoms with Crippen molar-refractivity contribution in [3.63, 3.8) is 0 Å². The first-order valence-corrected chi connectivity index (χ1v) is 14.9. The van der Waals surface area contributed by atoms with Crippen LogP contribution in [0.2, 0.25) is 0 Å². The van der Waals surface area contributed by atoms with Gasteiger partial charge in [-0.2, -0.15) is 0 Å². The first kappa shape index (κ1) is 30.0. The Labute approximate surface area is 253 Å². The number of nitrogens with one attached hydrogen (secondary N) is 3. The Hall–Kier alpha value is -4.50. The molecule has 4 aromatic rings. The molecular weight excluding hydrogens is 540 g/mol. The Morgan fingerprint density at radius 1 is 0.977 bits per heavy atom. The van der Waals surface area contributed by atoms with E-state index in [0.717, 1.165) is 53.8 Å². The van der Waals surface area contributed by atoms with Crippen LogP contribution in [0.4, 0.5) is 16.2 Å². The van der Waals surface area contributed by atoms with E-state index in [1.54, 1.807) is 12.0 Å². The quantitative estimate of drug-likeness (QED) is 0.247. The number of hydrogen-bond acceptors (Lipinski definition) is 5. The molecule has 2 heterocycles. The minimum absolute atomic E-state index is 0.244. The average Bonchev–Trinajstić information content (AvgIpc) is 3.47. The van der Waals surface area contributed by atoms with E-state index >= 15 is 0 Å². The minimum Gasteiger partial charge on any atom is -0.495 e. The molecule has 226 valence electrons. The molecule has 0 bridgehead atoms. The molecule has 0 saturated carbocycles. The van der Waals surface area contributed by atoms with Crippen molar-refractivity contribution >= 4 is 34.2 Å². The number of amides is 3. The number of urea groups is 1. The average molecular weight is 583 g/mol. The number of aromatic nitrogens is 1. The molecule has 5 rings (SSSR count). The van der Waals surface area contributed by atoms with Crippen LogP contribution in [0.15, 0.2) is 79.0 Å². The lowest BCUT2D eigenvalue weighted by Crippen LogP contribution is -2.56. The van der Waals surface area contributed by atoms with Gasteiger partial charge in [-0.3, -0.25) is 4.79 Å². The van der Waals surface area contributed by atoms with E-state index < -0.39 is 6.04 Å². The molecule has 3 N–H and O–H groups in total. The van der Waals surface area contributed by atoms with Crippen molar-refractivity contribution in [2.45, 2.75) is 25.3 Å². The number of fused-ring (bicyclic) bond motifs is 1. The SMILES string of the molecule is COc1ccc(CCN(C)C)cc1NC(=O)[C@H](NC(=O)N1CCN(c2ccccc2)CC1)[C@@H](C)c1c[nH]c2ccccc12. The Balaban J connectivity index is 1.36. The molecule has 3 aromatic carbocycles. The van der Waals surface area contributed by atoms with E-state index in [9.17, 15) is 9.59 Å². The maximum absolute atomic E-state index is 14.1.